The molecular formula is C21H18FN5O2. The number of anilines is 2. The molecule has 2 aromatic carbocycles. The third-order valence-electron chi connectivity index (χ3n) is 5.32. The zero-order chi connectivity index (χ0) is 20.1. The maximum Gasteiger partial charge on any atom is 0.332 e. The molecule has 0 unspecified atom stereocenters. The van der Waals surface area contributed by atoms with Crippen molar-refractivity contribution >= 4 is 22.8 Å². The minimum atomic E-state index is -0.449. The van der Waals surface area contributed by atoms with Crippen molar-refractivity contribution in [2.75, 3.05) is 11.4 Å². The number of imidazole rings is 1. The molecule has 0 spiro atoms. The first kappa shape index (κ1) is 17.4. The summed E-state index contributed by atoms with van der Waals surface area (Å²) in [6.45, 7) is 1.37. The van der Waals surface area contributed by atoms with Gasteiger partial charge in [0.25, 0.3) is 5.56 Å². The van der Waals surface area contributed by atoms with Gasteiger partial charge in [-0.25, -0.2) is 9.18 Å². The molecule has 4 aromatic rings. The molecule has 0 aliphatic carbocycles. The van der Waals surface area contributed by atoms with Gasteiger partial charge in [-0.15, -0.1) is 0 Å². The highest BCUT2D eigenvalue weighted by Gasteiger charge is 2.28. The number of nitrogens with zero attached hydrogens (tertiary/aromatic N) is 5. The largest absolute Gasteiger partial charge is 0.332 e. The van der Waals surface area contributed by atoms with E-state index < -0.39 is 5.69 Å². The molecule has 0 N–H and O–H groups in total. The monoisotopic (exact) mass is 391 g/mol. The van der Waals surface area contributed by atoms with Gasteiger partial charge in [0.05, 0.1) is 6.54 Å². The quantitative estimate of drug-likeness (QED) is 0.537. The van der Waals surface area contributed by atoms with E-state index >= 15 is 0 Å². The lowest BCUT2D eigenvalue weighted by Gasteiger charge is -2.15. The Labute approximate surface area is 164 Å². The van der Waals surface area contributed by atoms with Gasteiger partial charge in [-0.05, 0) is 29.8 Å². The molecule has 8 heteroatoms. The second-order valence-corrected chi connectivity index (χ2v) is 7.08. The lowest BCUT2D eigenvalue weighted by atomic mass is 10.2. The van der Waals surface area contributed by atoms with Crippen molar-refractivity contribution in [3.63, 3.8) is 0 Å². The van der Waals surface area contributed by atoms with Crippen LogP contribution in [0.5, 0.6) is 0 Å². The third-order valence-corrected chi connectivity index (χ3v) is 5.32. The van der Waals surface area contributed by atoms with Crippen LogP contribution in [-0.2, 0) is 20.1 Å². The van der Waals surface area contributed by atoms with E-state index in [0.29, 0.717) is 35.8 Å². The molecule has 0 amide bonds. The minimum Gasteiger partial charge on any atom is -0.310 e. The number of aryl methyl sites for hydroxylation is 1. The number of benzene rings is 2. The Morgan fingerprint density at radius 2 is 1.72 bits per heavy atom. The molecule has 0 bridgehead atoms. The summed E-state index contributed by atoms with van der Waals surface area (Å²) in [5.74, 6) is 0.289. The van der Waals surface area contributed by atoms with E-state index in [9.17, 15) is 14.0 Å². The molecule has 2 aromatic heterocycles. The van der Waals surface area contributed by atoms with Crippen LogP contribution in [0.1, 0.15) is 5.56 Å². The zero-order valence-corrected chi connectivity index (χ0v) is 15.7. The predicted molar refractivity (Wildman–Crippen MR) is 108 cm³/mol. The van der Waals surface area contributed by atoms with Gasteiger partial charge in [-0.1, -0.05) is 30.3 Å². The summed E-state index contributed by atoms with van der Waals surface area (Å²) in [7, 11) is 1.61. The van der Waals surface area contributed by atoms with E-state index in [1.165, 1.54) is 21.3 Å². The Bertz CT molecular complexity index is 1340. The number of para-hydroxylation sites is 1. The molecule has 0 fully saturated rings. The standard InChI is InChI=1S/C21H18FN5O2/c1-24-18-17(19(28)27(21(24)29)13-14-7-9-15(22)10-8-14)26-12-11-25(20(26)23-18)16-5-3-2-4-6-16/h2-10H,11-13H2,1H3. The van der Waals surface area contributed by atoms with Gasteiger partial charge in [-0.2, -0.15) is 4.98 Å². The highest BCUT2D eigenvalue weighted by molar-refractivity contribution is 5.77. The van der Waals surface area contributed by atoms with Crippen LogP contribution in [0, 0.1) is 5.82 Å². The molecule has 5 rings (SSSR count). The Morgan fingerprint density at radius 1 is 1.00 bits per heavy atom. The SMILES string of the molecule is Cn1c(=O)n(Cc2ccc(F)cc2)c(=O)c2c1nc1n2CCN1c1ccccc1. The van der Waals surface area contributed by atoms with Crippen LogP contribution >= 0.6 is 0 Å². The van der Waals surface area contributed by atoms with Crippen LogP contribution < -0.4 is 16.1 Å². The molecule has 146 valence electrons. The molecule has 0 radical (unpaired) electrons. The number of hydrogen-bond donors (Lipinski definition) is 0. The summed E-state index contributed by atoms with van der Waals surface area (Å²) in [6.07, 6.45) is 0. The summed E-state index contributed by atoms with van der Waals surface area (Å²) < 4.78 is 17.6. The van der Waals surface area contributed by atoms with Crippen LogP contribution in [0.3, 0.4) is 0 Å². The Hall–Kier alpha value is -3.68. The van der Waals surface area contributed by atoms with Crippen LogP contribution in [0.2, 0.25) is 0 Å². The molecule has 1 aliphatic rings. The van der Waals surface area contributed by atoms with E-state index in [1.54, 1.807) is 19.2 Å². The Kier molecular flexibility index (Phi) is 3.87. The lowest BCUT2D eigenvalue weighted by molar-refractivity contribution is 0.623. The molecular weight excluding hydrogens is 373 g/mol. The fraction of sp³-hybridized carbons (Fsp3) is 0.190. The molecule has 29 heavy (non-hydrogen) atoms. The third kappa shape index (κ3) is 2.67. The first-order chi connectivity index (χ1) is 14.0. The molecule has 0 saturated carbocycles. The van der Waals surface area contributed by atoms with Crippen molar-refractivity contribution in [3.05, 3.63) is 86.8 Å². The van der Waals surface area contributed by atoms with Crippen molar-refractivity contribution in [1.82, 2.24) is 18.7 Å². The highest BCUT2D eigenvalue weighted by atomic mass is 19.1. The van der Waals surface area contributed by atoms with Crippen molar-refractivity contribution < 1.29 is 4.39 Å². The van der Waals surface area contributed by atoms with Gasteiger partial charge in [0.1, 0.15) is 5.82 Å². The lowest BCUT2D eigenvalue weighted by Crippen LogP contribution is -2.40. The van der Waals surface area contributed by atoms with E-state index in [0.717, 1.165) is 5.69 Å². The van der Waals surface area contributed by atoms with Gasteiger partial charge in [0, 0.05) is 25.8 Å². The van der Waals surface area contributed by atoms with Crippen molar-refractivity contribution in [2.45, 2.75) is 13.1 Å². The van der Waals surface area contributed by atoms with Crippen LogP contribution in [-0.4, -0.2) is 25.2 Å². The minimum absolute atomic E-state index is 0.0740. The maximum absolute atomic E-state index is 13.2. The number of aromatic nitrogens is 4. The van der Waals surface area contributed by atoms with Crippen molar-refractivity contribution in [1.29, 1.82) is 0 Å². The first-order valence-corrected chi connectivity index (χ1v) is 9.31. The summed E-state index contributed by atoms with van der Waals surface area (Å²) in [5.41, 5.74) is 1.60. The van der Waals surface area contributed by atoms with E-state index in [2.05, 4.69) is 4.98 Å². The average Bonchev–Trinajstić information content (AvgIpc) is 3.31. The topological polar surface area (TPSA) is 65.1 Å². The fourth-order valence-electron chi connectivity index (χ4n) is 3.84. The van der Waals surface area contributed by atoms with Gasteiger partial charge in [0.15, 0.2) is 11.2 Å². The van der Waals surface area contributed by atoms with E-state index in [4.69, 9.17) is 0 Å². The zero-order valence-electron chi connectivity index (χ0n) is 15.7. The molecule has 1 aliphatic heterocycles. The second kappa shape index (κ2) is 6.44. The van der Waals surface area contributed by atoms with Crippen molar-refractivity contribution in [2.24, 2.45) is 7.05 Å². The predicted octanol–water partition coefficient (Wildman–Crippen LogP) is 2.24. The first-order valence-electron chi connectivity index (χ1n) is 9.31. The summed E-state index contributed by atoms with van der Waals surface area (Å²) in [6, 6.07) is 15.6. The van der Waals surface area contributed by atoms with Gasteiger partial charge >= 0.3 is 5.69 Å². The number of rotatable bonds is 3. The fourth-order valence-corrected chi connectivity index (χ4v) is 3.84. The van der Waals surface area contributed by atoms with E-state index in [-0.39, 0.29) is 17.9 Å². The van der Waals surface area contributed by atoms with Gasteiger partial charge in [0.2, 0.25) is 5.95 Å². The summed E-state index contributed by atoms with van der Waals surface area (Å²) >= 11 is 0. The van der Waals surface area contributed by atoms with Crippen molar-refractivity contribution in [3.8, 4) is 0 Å². The molecule has 3 heterocycles. The summed E-state index contributed by atoms with van der Waals surface area (Å²) in [5, 5.41) is 0. The second-order valence-electron chi connectivity index (χ2n) is 7.08. The average molecular weight is 391 g/mol. The highest BCUT2D eigenvalue weighted by Crippen LogP contribution is 2.31. The number of hydrogen-bond acceptors (Lipinski definition) is 4. The van der Waals surface area contributed by atoms with E-state index in [1.807, 2.05) is 39.8 Å². The van der Waals surface area contributed by atoms with Crippen LogP contribution in [0.15, 0.2) is 64.2 Å². The molecule has 7 nitrogen and oxygen atoms in total. The molecule has 0 atom stereocenters. The maximum atomic E-state index is 13.2. The number of fused-ring (bicyclic) bond motifs is 3. The molecule has 0 saturated heterocycles. The normalized spacial score (nSPS) is 13.2. The Morgan fingerprint density at radius 3 is 2.45 bits per heavy atom. The summed E-state index contributed by atoms with van der Waals surface area (Å²) in [4.78, 5) is 32.7. The smallest absolute Gasteiger partial charge is 0.310 e. The Balaban J connectivity index is 1.68. The number of halogens is 1. The van der Waals surface area contributed by atoms with Gasteiger partial charge < -0.3 is 9.47 Å². The van der Waals surface area contributed by atoms with Crippen LogP contribution in [0.4, 0.5) is 16.0 Å². The van der Waals surface area contributed by atoms with Gasteiger partial charge in [-0.3, -0.25) is 13.9 Å². The van der Waals surface area contributed by atoms with Crippen LogP contribution in [0.25, 0.3) is 11.2 Å².